The fraction of sp³-hybridized carbons (Fsp3) is 0.318. The van der Waals surface area contributed by atoms with E-state index in [1.165, 1.54) is 25.6 Å². The number of nitrogen functional groups attached to an aromatic ring is 1. The van der Waals surface area contributed by atoms with Gasteiger partial charge in [-0.15, -0.1) is 0 Å². The molecule has 0 atom stereocenters. The van der Waals surface area contributed by atoms with Gasteiger partial charge in [-0.05, 0) is 58.5 Å². The SMILES string of the molecule is C.CC(C)NCCCn1c(Sc2cc3ccccc3cc2I)nc2c(N)ncnc21. The second kappa shape index (κ2) is 9.93. The van der Waals surface area contributed by atoms with Gasteiger partial charge in [0.25, 0.3) is 0 Å². The van der Waals surface area contributed by atoms with E-state index in [9.17, 15) is 0 Å². The highest BCUT2D eigenvalue weighted by molar-refractivity contribution is 14.1. The van der Waals surface area contributed by atoms with Crippen LogP contribution in [0.4, 0.5) is 5.82 Å². The number of rotatable bonds is 7. The maximum Gasteiger partial charge on any atom is 0.175 e. The molecule has 2 heterocycles. The summed E-state index contributed by atoms with van der Waals surface area (Å²) in [4.78, 5) is 14.5. The third kappa shape index (κ3) is 4.87. The summed E-state index contributed by atoms with van der Waals surface area (Å²) < 4.78 is 3.36. The first-order valence-electron chi connectivity index (χ1n) is 9.59. The van der Waals surface area contributed by atoms with Crippen molar-refractivity contribution in [1.29, 1.82) is 0 Å². The molecule has 4 rings (SSSR count). The van der Waals surface area contributed by atoms with E-state index in [1.54, 1.807) is 11.8 Å². The van der Waals surface area contributed by atoms with Crippen molar-refractivity contribution in [2.75, 3.05) is 12.3 Å². The van der Waals surface area contributed by atoms with E-state index in [0.717, 1.165) is 30.3 Å². The highest BCUT2D eigenvalue weighted by Crippen LogP contribution is 2.35. The normalized spacial score (nSPS) is 11.3. The molecule has 2 aromatic carbocycles. The molecule has 8 heteroatoms. The average Bonchev–Trinajstić information content (AvgIpc) is 3.04. The fourth-order valence-corrected chi connectivity index (χ4v) is 4.99. The van der Waals surface area contributed by atoms with E-state index in [4.69, 9.17) is 10.7 Å². The largest absolute Gasteiger partial charge is 0.382 e. The van der Waals surface area contributed by atoms with Crippen LogP contribution < -0.4 is 11.1 Å². The molecule has 0 saturated heterocycles. The number of benzene rings is 2. The van der Waals surface area contributed by atoms with Crippen LogP contribution in [0.3, 0.4) is 0 Å². The van der Waals surface area contributed by atoms with Crippen LogP contribution in [0.2, 0.25) is 0 Å². The zero-order valence-electron chi connectivity index (χ0n) is 16.4. The summed E-state index contributed by atoms with van der Waals surface area (Å²) >= 11 is 4.05. The number of nitrogens with one attached hydrogen (secondary N) is 1. The summed E-state index contributed by atoms with van der Waals surface area (Å²) in [6.45, 7) is 6.07. The quantitative estimate of drug-likeness (QED) is 0.246. The summed E-state index contributed by atoms with van der Waals surface area (Å²) in [7, 11) is 0. The maximum atomic E-state index is 6.08. The van der Waals surface area contributed by atoms with Crippen molar-refractivity contribution in [1.82, 2.24) is 24.8 Å². The standard InChI is InChI=1S/C21H23IN6S.CH4/c1-13(2)24-8-5-9-28-20-18(19(23)25-12-26-20)27-21(28)29-17-11-15-7-4-3-6-14(15)10-16(17)22;/h3-4,6-7,10-13,24H,5,8-9H2,1-2H3,(H2,23,25,26);1H4. The summed E-state index contributed by atoms with van der Waals surface area (Å²) in [6, 6.07) is 13.3. The van der Waals surface area contributed by atoms with Crippen LogP contribution >= 0.6 is 34.4 Å². The van der Waals surface area contributed by atoms with Crippen LogP contribution in [0, 0.1) is 3.57 Å². The summed E-state index contributed by atoms with van der Waals surface area (Å²) in [5.41, 5.74) is 7.54. The number of anilines is 1. The highest BCUT2D eigenvalue weighted by Gasteiger charge is 2.17. The molecule has 0 unspecified atom stereocenters. The van der Waals surface area contributed by atoms with Crippen molar-refractivity contribution in [3.8, 4) is 0 Å². The van der Waals surface area contributed by atoms with Gasteiger partial charge < -0.3 is 15.6 Å². The molecule has 30 heavy (non-hydrogen) atoms. The lowest BCUT2D eigenvalue weighted by atomic mass is 10.1. The van der Waals surface area contributed by atoms with Gasteiger partial charge in [-0.1, -0.05) is 57.3 Å². The van der Waals surface area contributed by atoms with Gasteiger partial charge in [0, 0.05) is 21.1 Å². The van der Waals surface area contributed by atoms with E-state index < -0.39 is 0 Å². The Morgan fingerprint density at radius 3 is 2.63 bits per heavy atom. The molecule has 4 aromatic rings. The van der Waals surface area contributed by atoms with E-state index >= 15 is 0 Å². The van der Waals surface area contributed by atoms with Gasteiger partial charge in [0.1, 0.15) is 6.33 Å². The van der Waals surface area contributed by atoms with Crippen LogP contribution in [0.15, 0.2) is 52.8 Å². The van der Waals surface area contributed by atoms with Gasteiger partial charge in [0.2, 0.25) is 0 Å². The molecule has 3 N–H and O–H groups in total. The molecule has 0 aliphatic heterocycles. The van der Waals surface area contributed by atoms with E-state index in [-0.39, 0.29) is 7.43 Å². The molecule has 6 nitrogen and oxygen atoms in total. The molecule has 158 valence electrons. The Kier molecular flexibility index (Phi) is 7.54. The Balaban J connectivity index is 0.00000256. The van der Waals surface area contributed by atoms with Crippen molar-refractivity contribution in [3.63, 3.8) is 0 Å². The van der Waals surface area contributed by atoms with Crippen LogP contribution in [-0.4, -0.2) is 32.1 Å². The predicted octanol–water partition coefficient (Wildman–Crippen LogP) is 5.34. The Hall–Kier alpha value is -1.91. The second-order valence-electron chi connectivity index (χ2n) is 7.17. The topological polar surface area (TPSA) is 81.7 Å². The highest BCUT2D eigenvalue weighted by atomic mass is 127. The van der Waals surface area contributed by atoms with Crippen molar-refractivity contribution in [3.05, 3.63) is 46.3 Å². The fourth-order valence-electron chi connectivity index (χ4n) is 3.21. The minimum atomic E-state index is 0. The van der Waals surface area contributed by atoms with Crippen LogP contribution in [0.5, 0.6) is 0 Å². The predicted molar refractivity (Wildman–Crippen MR) is 135 cm³/mol. The zero-order valence-corrected chi connectivity index (χ0v) is 19.4. The molecule has 0 saturated carbocycles. The molecule has 0 spiro atoms. The average molecular weight is 534 g/mol. The van der Waals surface area contributed by atoms with Gasteiger partial charge >= 0.3 is 0 Å². The third-order valence-corrected chi connectivity index (χ3v) is 6.95. The summed E-state index contributed by atoms with van der Waals surface area (Å²) in [6.07, 6.45) is 2.49. The van der Waals surface area contributed by atoms with E-state index in [0.29, 0.717) is 17.4 Å². The number of fused-ring (bicyclic) bond motifs is 2. The van der Waals surface area contributed by atoms with Crippen LogP contribution in [0.25, 0.3) is 21.9 Å². The molecule has 0 aliphatic rings. The molecule has 0 aliphatic carbocycles. The monoisotopic (exact) mass is 534 g/mol. The van der Waals surface area contributed by atoms with Crippen molar-refractivity contribution >= 4 is 62.1 Å². The number of nitrogens with two attached hydrogens (primary N) is 1. The second-order valence-corrected chi connectivity index (χ2v) is 9.34. The minimum absolute atomic E-state index is 0. The Labute approximate surface area is 195 Å². The van der Waals surface area contributed by atoms with Crippen LogP contribution in [-0.2, 0) is 6.54 Å². The van der Waals surface area contributed by atoms with Gasteiger partial charge in [0.05, 0.1) is 0 Å². The Bertz CT molecular complexity index is 1160. The molecule has 0 fully saturated rings. The number of aryl methyl sites for hydroxylation is 1. The lowest BCUT2D eigenvalue weighted by Gasteiger charge is -2.11. The lowest BCUT2D eigenvalue weighted by Crippen LogP contribution is -2.24. The first kappa shape index (κ1) is 22.8. The molecule has 0 bridgehead atoms. The number of hydrogen-bond acceptors (Lipinski definition) is 6. The number of hydrogen-bond donors (Lipinski definition) is 2. The molecule has 0 amide bonds. The van der Waals surface area contributed by atoms with Crippen molar-refractivity contribution in [2.24, 2.45) is 0 Å². The summed E-state index contributed by atoms with van der Waals surface area (Å²) in [5, 5.41) is 6.82. The number of nitrogens with zero attached hydrogens (tertiary/aromatic N) is 4. The minimum Gasteiger partial charge on any atom is -0.382 e. The number of halogens is 1. The third-order valence-electron chi connectivity index (χ3n) is 4.64. The lowest BCUT2D eigenvalue weighted by molar-refractivity contribution is 0.525. The number of aromatic nitrogens is 4. The van der Waals surface area contributed by atoms with Gasteiger partial charge in [-0.3, -0.25) is 0 Å². The zero-order chi connectivity index (χ0) is 20.4. The van der Waals surface area contributed by atoms with E-state index in [2.05, 4.69) is 92.7 Å². The maximum absolute atomic E-state index is 6.08. The van der Waals surface area contributed by atoms with Crippen molar-refractivity contribution in [2.45, 2.75) is 50.3 Å². The van der Waals surface area contributed by atoms with E-state index in [1.807, 2.05) is 0 Å². The Morgan fingerprint density at radius 2 is 1.90 bits per heavy atom. The first-order chi connectivity index (χ1) is 14.0. The van der Waals surface area contributed by atoms with Gasteiger partial charge in [0.15, 0.2) is 22.1 Å². The van der Waals surface area contributed by atoms with Crippen molar-refractivity contribution < 1.29 is 0 Å². The molecule has 2 aromatic heterocycles. The number of imidazole rings is 1. The van der Waals surface area contributed by atoms with Gasteiger partial charge in [-0.25, -0.2) is 15.0 Å². The van der Waals surface area contributed by atoms with Crippen LogP contribution in [0.1, 0.15) is 27.7 Å². The molecule has 0 radical (unpaired) electrons. The summed E-state index contributed by atoms with van der Waals surface area (Å²) in [5.74, 6) is 0.420. The first-order valence-corrected chi connectivity index (χ1v) is 11.5. The molecular formula is C22H27IN6S. The Morgan fingerprint density at radius 1 is 1.17 bits per heavy atom. The molecular weight excluding hydrogens is 507 g/mol. The van der Waals surface area contributed by atoms with Gasteiger partial charge in [-0.2, -0.15) is 0 Å². The smallest absolute Gasteiger partial charge is 0.175 e.